The van der Waals surface area contributed by atoms with Crippen molar-refractivity contribution in [2.75, 3.05) is 13.1 Å². The topological polar surface area (TPSA) is 109 Å². The molecular formula is C22H21N5O2. The molecule has 7 nitrogen and oxygen atoms in total. The minimum atomic E-state index is -0.102. The third-order valence-corrected chi connectivity index (χ3v) is 5.16. The lowest BCUT2D eigenvalue weighted by Gasteiger charge is -2.35. The molecule has 3 aromatic rings. The van der Waals surface area contributed by atoms with Gasteiger partial charge in [-0.15, -0.1) is 0 Å². The molecular weight excluding hydrogens is 366 g/mol. The van der Waals surface area contributed by atoms with Crippen LogP contribution in [0.2, 0.25) is 0 Å². The third-order valence-electron chi connectivity index (χ3n) is 5.16. The van der Waals surface area contributed by atoms with E-state index in [1.54, 1.807) is 17.2 Å². The predicted octanol–water partition coefficient (Wildman–Crippen LogP) is 3.78. The molecule has 29 heavy (non-hydrogen) atoms. The fraction of sp³-hybridized carbons (Fsp3) is 0.227. The number of benzene rings is 1. The number of carbonyl (C=O) groups is 1. The van der Waals surface area contributed by atoms with E-state index in [2.05, 4.69) is 16.0 Å². The van der Waals surface area contributed by atoms with Crippen molar-refractivity contribution in [2.45, 2.75) is 13.8 Å². The first-order valence-corrected chi connectivity index (χ1v) is 9.35. The molecule has 7 heteroatoms. The Hall–Kier alpha value is -3.79. The largest absolute Gasteiger partial charge is 0.455 e. The number of ether oxygens (including phenoxy) is 1. The second-order valence-electron chi connectivity index (χ2n) is 7.24. The lowest BCUT2D eigenvalue weighted by Crippen LogP contribution is -2.49. The number of nitriles is 1. The molecule has 0 saturated carbocycles. The number of hydrogen-bond donors (Lipinski definition) is 3. The van der Waals surface area contributed by atoms with E-state index in [1.165, 1.54) is 0 Å². The Kier molecular flexibility index (Phi) is 4.69. The van der Waals surface area contributed by atoms with Crippen molar-refractivity contribution in [3.63, 3.8) is 0 Å². The number of amides is 1. The summed E-state index contributed by atoms with van der Waals surface area (Å²) in [6.07, 6.45) is 4.37. The number of aromatic nitrogens is 2. The summed E-state index contributed by atoms with van der Waals surface area (Å²) >= 11 is 0. The number of nitrogens with zero attached hydrogens (tertiary/aromatic N) is 2. The van der Waals surface area contributed by atoms with Crippen LogP contribution in [0, 0.1) is 36.5 Å². The van der Waals surface area contributed by atoms with Gasteiger partial charge >= 0.3 is 0 Å². The monoisotopic (exact) mass is 387 g/mol. The molecule has 2 aromatic heterocycles. The van der Waals surface area contributed by atoms with Gasteiger partial charge in [-0.25, -0.2) is 0 Å². The molecule has 1 aliphatic heterocycles. The molecule has 1 amide bonds. The summed E-state index contributed by atoms with van der Waals surface area (Å²) in [5.41, 5.74) is 4.05. The zero-order valence-electron chi connectivity index (χ0n) is 16.2. The minimum Gasteiger partial charge on any atom is -0.455 e. The van der Waals surface area contributed by atoms with Crippen molar-refractivity contribution >= 4 is 28.8 Å². The Bertz CT molecular complexity index is 1170. The number of allylic oxidation sites excluding steroid dienone is 1. The molecule has 0 unspecified atom stereocenters. The maximum absolute atomic E-state index is 12.7. The molecule has 0 atom stereocenters. The van der Waals surface area contributed by atoms with Crippen molar-refractivity contribution in [3.8, 4) is 11.8 Å². The molecule has 0 aliphatic carbocycles. The molecule has 1 saturated heterocycles. The summed E-state index contributed by atoms with van der Waals surface area (Å²) in [6.45, 7) is 4.77. The molecule has 4 rings (SSSR count). The maximum Gasteiger partial charge on any atom is 0.255 e. The average Bonchev–Trinajstić information content (AvgIpc) is 3.21. The lowest BCUT2D eigenvalue weighted by atomic mass is 10.00. The molecule has 0 radical (unpaired) electrons. The third kappa shape index (κ3) is 3.41. The quantitative estimate of drug-likeness (QED) is 0.458. The van der Waals surface area contributed by atoms with E-state index < -0.39 is 0 Å². The fourth-order valence-electron chi connectivity index (χ4n) is 3.56. The van der Waals surface area contributed by atoms with Gasteiger partial charge in [-0.3, -0.25) is 4.79 Å². The molecule has 1 fully saturated rings. The van der Waals surface area contributed by atoms with Crippen LogP contribution in [-0.4, -0.2) is 40.1 Å². The number of aromatic amines is 2. The van der Waals surface area contributed by atoms with Crippen LogP contribution in [0.5, 0.6) is 5.75 Å². The van der Waals surface area contributed by atoms with E-state index in [1.807, 2.05) is 38.1 Å². The van der Waals surface area contributed by atoms with Crippen LogP contribution in [0.15, 0.2) is 36.5 Å². The highest BCUT2D eigenvalue weighted by molar-refractivity contribution is 5.97. The van der Waals surface area contributed by atoms with Crippen molar-refractivity contribution in [1.82, 2.24) is 14.9 Å². The summed E-state index contributed by atoms with van der Waals surface area (Å²) < 4.78 is 6.06. The second-order valence-corrected chi connectivity index (χ2v) is 7.24. The Morgan fingerprint density at radius 2 is 2.14 bits per heavy atom. The Morgan fingerprint density at radius 3 is 2.86 bits per heavy atom. The maximum atomic E-state index is 12.7. The second kappa shape index (κ2) is 7.32. The van der Waals surface area contributed by atoms with Gasteiger partial charge in [0.05, 0.1) is 23.2 Å². The van der Waals surface area contributed by atoms with Crippen molar-refractivity contribution in [1.29, 1.82) is 10.7 Å². The number of hydrogen-bond acceptors (Lipinski definition) is 4. The summed E-state index contributed by atoms with van der Waals surface area (Å²) in [5.74, 6) is 0.920. The molecule has 3 heterocycles. The van der Waals surface area contributed by atoms with Gasteiger partial charge in [0.25, 0.3) is 5.91 Å². The van der Waals surface area contributed by atoms with E-state index in [-0.39, 0.29) is 11.8 Å². The van der Waals surface area contributed by atoms with Crippen LogP contribution in [0.25, 0.3) is 16.7 Å². The molecule has 1 aromatic carbocycles. The van der Waals surface area contributed by atoms with Gasteiger partial charge in [0.2, 0.25) is 0 Å². The number of nitrogens with one attached hydrogen (secondary N) is 3. The van der Waals surface area contributed by atoms with E-state index in [0.29, 0.717) is 35.9 Å². The van der Waals surface area contributed by atoms with Crippen LogP contribution < -0.4 is 4.74 Å². The number of aryl methyl sites for hydroxylation is 1. The number of fused-ring (bicyclic) bond motifs is 1. The van der Waals surface area contributed by atoms with Crippen LogP contribution in [0.1, 0.15) is 27.3 Å². The van der Waals surface area contributed by atoms with Crippen LogP contribution >= 0.6 is 0 Å². The fourth-order valence-corrected chi connectivity index (χ4v) is 3.56. The van der Waals surface area contributed by atoms with Gasteiger partial charge in [-0.05, 0) is 43.7 Å². The zero-order chi connectivity index (χ0) is 20.5. The van der Waals surface area contributed by atoms with E-state index >= 15 is 0 Å². The van der Waals surface area contributed by atoms with Gasteiger partial charge < -0.3 is 25.0 Å². The standard InChI is InChI=1S/C22H21N5O2/c1-13-7-16-8-17(3-4-19(16)26-13)29-20(5-6-23)21-14(2)18(10-25-21)22(28)27-11-15(9-24)12-27/h3-8,10,15,23,25-26H,11-12H2,1-2H3/b20-5+,23-6?. The molecule has 1 aliphatic rings. The summed E-state index contributed by atoms with van der Waals surface area (Å²) in [4.78, 5) is 20.8. The molecule has 0 bridgehead atoms. The van der Waals surface area contributed by atoms with Crippen LogP contribution in [0.4, 0.5) is 0 Å². The highest BCUT2D eigenvalue weighted by Crippen LogP contribution is 2.29. The number of likely N-dealkylation sites (tertiary alicyclic amines) is 1. The van der Waals surface area contributed by atoms with E-state index in [9.17, 15) is 4.79 Å². The van der Waals surface area contributed by atoms with E-state index in [0.717, 1.165) is 28.4 Å². The first-order valence-electron chi connectivity index (χ1n) is 9.35. The first kappa shape index (κ1) is 18.6. The molecule has 0 spiro atoms. The summed E-state index contributed by atoms with van der Waals surface area (Å²) in [6, 6.07) is 9.97. The molecule has 146 valence electrons. The summed E-state index contributed by atoms with van der Waals surface area (Å²) in [5, 5.41) is 17.4. The number of carbonyl (C=O) groups excluding carboxylic acids is 1. The lowest BCUT2D eigenvalue weighted by molar-refractivity contribution is 0.0577. The van der Waals surface area contributed by atoms with Gasteiger partial charge in [0.1, 0.15) is 5.75 Å². The number of rotatable bonds is 5. The normalized spacial score (nSPS) is 14.5. The predicted molar refractivity (Wildman–Crippen MR) is 111 cm³/mol. The van der Waals surface area contributed by atoms with Gasteiger partial charge in [-0.2, -0.15) is 5.26 Å². The summed E-state index contributed by atoms with van der Waals surface area (Å²) in [7, 11) is 0. The minimum absolute atomic E-state index is 0.0821. The number of H-pyrrole nitrogens is 2. The molecule has 3 N–H and O–H groups in total. The van der Waals surface area contributed by atoms with Crippen molar-refractivity contribution in [2.24, 2.45) is 5.92 Å². The highest BCUT2D eigenvalue weighted by Gasteiger charge is 2.32. The van der Waals surface area contributed by atoms with Crippen molar-refractivity contribution < 1.29 is 9.53 Å². The van der Waals surface area contributed by atoms with Gasteiger partial charge in [0.15, 0.2) is 5.76 Å². The van der Waals surface area contributed by atoms with E-state index in [4.69, 9.17) is 15.4 Å². The smallest absolute Gasteiger partial charge is 0.255 e. The Morgan fingerprint density at radius 1 is 1.34 bits per heavy atom. The van der Waals surface area contributed by atoms with Crippen LogP contribution in [0.3, 0.4) is 0 Å². The zero-order valence-corrected chi connectivity index (χ0v) is 16.2. The SMILES string of the molecule is Cc1cc2cc(O/C(=C/C=N)c3[nH]cc(C(=O)N4CC(C#N)C4)c3C)ccc2[nH]1. The van der Waals surface area contributed by atoms with Gasteiger partial charge in [0, 0.05) is 48.2 Å². The van der Waals surface area contributed by atoms with Crippen molar-refractivity contribution in [3.05, 3.63) is 59.1 Å². The average molecular weight is 387 g/mol. The Labute approximate surface area is 168 Å². The Balaban J connectivity index is 1.59. The van der Waals surface area contributed by atoms with Crippen LogP contribution in [-0.2, 0) is 0 Å². The first-order chi connectivity index (χ1) is 14.0. The van der Waals surface area contributed by atoms with Gasteiger partial charge in [-0.1, -0.05) is 0 Å². The highest BCUT2D eigenvalue weighted by atomic mass is 16.5.